The smallest absolute Gasteiger partial charge is 0.251 e. The van der Waals surface area contributed by atoms with E-state index >= 15 is 0 Å². The Bertz CT molecular complexity index is 694. The third kappa shape index (κ3) is 22.8. The van der Waals surface area contributed by atoms with Crippen molar-refractivity contribution in [2.75, 3.05) is 26.4 Å². The van der Waals surface area contributed by atoms with Crippen molar-refractivity contribution >= 4 is 5.91 Å². The first-order valence-corrected chi connectivity index (χ1v) is 18.0. The van der Waals surface area contributed by atoms with Gasteiger partial charge in [-0.25, -0.2) is 0 Å². The molecule has 0 bridgehead atoms. The molecule has 5 heteroatoms. The lowest BCUT2D eigenvalue weighted by Crippen LogP contribution is -2.24. The van der Waals surface area contributed by atoms with E-state index in [-0.39, 0.29) is 12.5 Å². The Kier molecular flexibility index (Phi) is 26.7. The van der Waals surface area contributed by atoms with E-state index in [1.54, 1.807) is 0 Å². The van der Waals surface area contributed by atoms with E-state index in [0.29, 0.717) is 25.3 Å². The van der Waals surface area contributed by atoms with Crippen molar-refractivity contribution in [2.24, 2.45) is 0 Å². The number of carbonyl (C=O) groups excluding carboxylic acids is 1. The second kappa shape index (κ2) is 29.3. The predicted molar refractivity (Wildman–Crippen MR) is 179 cm³/mol. The van der Waals surface area contributed by atoms with Crippen molar-refractivity contribution in [3.63, 3.8) is 0 Å². The van der Waals surface area contributed by atoms with Crippen molar-refractivity contribution in [2.45, 2.75) is 168 Å². The summed E-state index contributed by atoms with van der Waals surface area (Å²) in [6.07, 6.45) is 29.7. The number of carbonyl (C=O) groups is 1. The summed E-state index contributed by atoms with van der Waals surface area (Å²) in [7, 11) is 0. The molecule has 0 spiro atoms. The van der Waals surface area contributed by atoms with Crippen molar-refractivity contribution in [1.29, 1.82) is 0 Å². The van der Waals surface area contributed by atoms with E-state index in [2.05, 4.69) is 19.2 Å². The number of nitrogens with one attached hydrogen (secondary N) is 1. The Morgan fingerprint density at radius 2 is 0.929 bits per heavy atom. The molecule has 1 rings (SSSR count). The Labute approximate surface area is 259 Å². The normalized spacial score (nSPS) is 11.1. The SMILES string of the molecule is CCCCCCCCCCCCOc1cc(OCCCCCCCCCCCC)cc(C(=O)NCCCCCCO)c1. The first-order chi connectivity index (χ1) is 20.7. The van der Waals surface area contributed by atoms with Gasteiger partial charge in [0.1, 0.15) is 11.5 Å². The fourth-order valence-corrected chi connectivity index (χ4v) is 5.32. The third-order valence-corrected chi connectivity index (χ3v) is 8.05. The summed E-state index contributed by atoms with van der Waals surface area (Å²) in [5.74, 6) is 1.37. The average molecular weight is 590 g/mol. The molecule has 0 heterocycles. The summed E-state index contributed by atoms with van der Waals surface area (Å²) in [5.41, 5.74) is 0.601. The fourth-order valence-electron chi connectivity index (χ4n) is 5.32. The van der Waals surface area contributed by atoms with E-state index in [1.165, 1.54) is 116 Å². The number of hydrogen-bond donors (Lipinski definition) is 2. The second-order valence-corrected chi connectivity index (χ2v) is 12.1. The minimum atomic E-state index is -0.0784. The molecule has 0 aliphatic carbocycles. The number of hydrogen-bond acceptors (Lipinski definition) is 4. The minimum absolute atomic E-state index is 0.0784. The summed E-state index contributed by atoms with van der Waals surface area (Å²) in [6.45, 7) is 6.76. The van der Waals surface area contributed by atoms with Crippen LogP contribution in [0.5, 0.6) is 11.5 Å². The number of aliphatic hydroxyl groups is 1. The molecule has 5 nitrogen and oxygen atoms in total. The molecular formula is C37H67NO4. The number of amides is 1. The van der Waals surface area contributed by atoms with Crippen LogP contribution in [-0.2, 0) is 0 Å². The summed E-state index contributed by atoms with van der Waals surface area (Å²) >= 11 is 0. The number of benzene rings is 1. The highest BCUT2D eigenvalue weighted by Crippen LogP contribution is 2.24. The molecule has 1 aromatic rings. The molecule has 0 radical (unpaired) electrons. The Hall–Kier alpha value is -1.75. The minimum Gasteiger partial charge on any atom is -0.493 e. The number of unbranched alkanes of at least 4 members (excludes halogenated alkanes) is 21. The zero-order chi connectivity index (χ0) is 30.4. The highest BCUT2D eigenvalue weighted by Gasteiger charge is 2.11. The molecule has 0 unspecified atom stereocenters. The van der Waals surface area contributed by atoms with E-state index in [4.69, 9.17) is 14.6 Å². The van der Waals surface area contributed by atoms with Crippen LogP contribution >= 0.6 is 0 Å². The van der Waals surface area contributed by atoms with Gasteiger partial charge in [0.15, 0.2) is 0 Å². The molecule has 2 N–H and O–H groups in total. The van der Waals surface area contributed by atoms with Crippen LogP contribution in [0.3, 0.4) is 0 Å². The van der Waals surface area contributed by atoms with Gasteiger partial charge in [0, 0.05) is 24.8 Å². The van der Waals surface area contributed by atoms with Crippen molar-refractivity contribution in [3.8, 4) is 11.5 Å². The summed E-state index contributed by atoms with van der Waals surface area (Å²) < 4.78 is 12.2. The first-order valence-electron chi connectivity index (χ1n) is 18.0. The van der Waals surface area contributed by atoms with Gasteiger partial charge in [-0.05, 0) is 37.8 Å². The van der Waals surface area contributed by atoms with Crippen LogP contribution in [0.2, 0.25) is 0 Å². The van der Waals surface area contributed by atoms with Crippen molar-refractivity contribution in [3.05, 3.63) is 23.8 Å². The van der Waals surface area contributed by atoms with Gasteiger partial charge in [0.05, 0.1) is 13.2 Å². The molecule has 0 aliphatic heterocycles. The number of ether oxygens (including phenoxy) is 2. The maximum Gasteiger partial charge on any atom is 0.251 e. The lowest BCUT2D eigenvalue weighted by molar-refractivity contribution is 0.0951. The molecule has 0 atom stereocenters. The van der Waals surface area contributed by atoms with E-state index in [1.807, 2.05) is 18.2 Å². The van der Waals surface area contributed by atoms with Gasteiger partial charge >= 0.3 is 0 Å². The highest BCUT2D eigenvalue weighted by atomic mass is 16.5. The van der Waals surface area contributed by atoms with Crippen LogP contribution in [0, 0.1) is 0 Å². The lowest BCUT2D eigenvalue weighted by atomic mass is 10.1. The highest BCUT2D eigenvalue weighted by molar-refractivity contribution is 5.95. The Morgan fingerprint density at radius 3 is 1.36 bits per heavy atom. The molecule has 1 aromatic carbocycles. The van der Waals surface area contributed by atoms with Crippen LogP contribution in [0.25, 0.3) is 0 Å². The second-order valence-electron chi connectivity index (χ2n) is 12.1. The van der Waals surface area contributed by atoms with Crippen molar-refractivity contribution in [1.82, 2.24) is 5.32 Å². The van der Waals surface area contributed by atoms with E-state index in [0.717, 1.165) is 50.0 Å². The molecule has 42 heavy (non-hydrogen) atoms. The topological polar surface area (TPSA) is 67.8 Å². The predicted octanol–water partition coefficient (Wildman–Crippen LogP) is 10.6. The van der Waals surface area contributed by atoms with Crippen molar-refractivity contribution < 1.29 is 19.4 Å². The molecular weight excluding hydrogens is 522 g/mol. The van der Waals surface area contributed by atoms with Crippen LogP contribution in [0.15, 0.2) is 18.2 Å². The van der Waals surface area contributed by atoms with Gasteiger partial charge in [0.2, 0.25) is 0 Å². The molecule has 0 saturated carbocycles. The first kappa shape index (κ1) is 38.3. The fraction of sp³-hybridized carbons (Fsp3) is 0.811. The maximum absolute atomic E-state index is 12.9. The molecule has 244 valence electrons. The summed E-state index contributed by atoms with van der Waals surface area (Å²) in [4.78, 5) is 12.9. The van der Waals surface area contributed by atoms with Gasteiger partial charge in [-0.3, -0.25) is 4.79 Å². The van der Waals surface area contributed by atoms with E-state index < -0.39 is 0 Å². The molecule has 0 fully saturated rings. The van der Waals surface area contributed by atoms with Crippen LogP contribution < -0.4 is 14.8 Å². The third-order valence-electron chi connectivity index (χ3n) is 8.05. The molecule has 1 amide bonds. The zero-order valence-corrected chi connectivity index (χ0v) is 27.7. The Morgan fingerprint density at radius 1 is 0.548 bits per heavy atom. The number of rotatable bonds is 31. The largest absolute Gasteiger partial charge is 0.493 e. The molecule has 0 aromatic heterocycles. The standard InChI is InChI=1S/C37H67NO4/c1-3-5-7-9-11-13-15-17-21-25-29-41-35-31-34(37(40)38-27-23-19-20-24-28-39)32-36(33-35)42-30-26-22-18-16-14-12-10-8-6-4-2/h31-33,39H,3-30H2,1-2H3,(H,38,40). The van der Waals surface area contributed by atoms with Crippen LogP contribution in [0.4, 0.5) is 0 Å². The summed E-state index contributed by atoms with van der Waals surface area (Å²) in [5, 5.41) is 12.0. The summed E-state index contributed by atoms with van der Waals surface area (Å²) in [6, 6.07) is 5.65. The van der Waals surface area contributed by atoms with Gasteiger partial charge in [-0.1, -0.05) is 142 Å². The van der Waals surface area contributed by atoms with Gasteiger partial charge in [-0.2, -0.15) is 0 Å². The molecule has 0 saturated heterocycles. The average Bonchev–Trinajstić information content (AvgIpc) is 3.00. The van der Waals surface area contributed by atoms with E-state index in [9.17, 15) is 4.79 Å². The van der Waals surface area contributed by atoms with Crippen LogP contribution in [0.1, 0.15) is 178 Å². The van der Waals surface area contributed by atoms with Gasteiger partial charge in [0.25, 0.3) is 5.91 Å². The van der Waals surface area contributed by atoms with Gasteiger partial charge in [-0.15, -0.1) is 0 Å². The zero-order valence-electron chi connectivity index (χ0n) is 27.7. The maximum atomic E-state index is 12.9. The monoisotopic (exact) mass is 590 g/mol. The van der Waals surface area contributed by atoms with Crippen LogP contribution in [-0.4, -0.2) is 37.4 Å². The lowest BCUT2D eigenvalue weighted by Gasteiger charge is -2.13. The Balaban J connectivity index is 2.42. The van der Waals surface area contributed by atoms with Gasteiger partial charge < -0.3 is 19.9 Å². The molecule has 0 aliphatic rings. The number of aliphatic hydroxyl groups excluding tert-OH is 1. The quantitative estimate of drug-likeness (QED) is 0.0845.